The maximum absolute atomic E-state index is 11.7. The Morgan fingerprint density at radius 1 is 1.42 bits per heavy atom. The second kappa shape index (κ2) is 7.94. The number of fused-ring (bicyclic) bond motifs is 2. The van der Waals surface area contributed by atoms with Gasteiger partial charge in [-0.15, -0.1) is 11.3 Å². The van der Waals surface area contributed by atoms with E-state index in [1.54, 1.807) is 29.7 Å². The maximum atomic E-state index is 11.7. The Labute approximate surface area is 155 Å². The predicted octanol–water partition coefficient (Wildman–Crippen LogP) is 1.76. The SMILES string of the molecule is NC(=O)c1cccnc1-c1cc2c(s1)C1(CCNCC1)OCC2.O=CO. The molecule has 4 heterocycles. The van der Waals surface area contributed by atoms with Crippen LogP contribution < -0.4 is 11.1 Å². The summed E-state index contributed by atoms with van der Waals surface area (Å²) in [7, 11) is 0. The molecule has 0 bridgehead atoms. The molecule has 0 aromatic carbocycles. The summed E-state index contributed by atoms with van der Waals surface area (Å²) >= 11 is 1.70. The Bertz CT molecular complexity index is 799. The molecule has 7 nitrogen and oxygen atoms in total. The lowest BCUT2D eigenvalue weighted by Gasteiger charge is -2.40. The molecule has 138 valence electrons. The predicted molar refractivity (Wildman–Crippen MR) is 98.2 cm³/mol. The van der Waals surface area contributed by atoms with Crippen LogP contribution in [0.3, 0.4) is 0 Å². The van der Waals surface area contributed by atoms with Crippen molar-refractivity contribution in [1.82, 2.24) is 10.3 Å². The molecule has 1 saturated heterocycles. The number of hydrogen-bond donors (Lipinski definition) is 3. The van der Waals surface area contributed by atoms with Gasteiger partial charge < -0.3 is 20.9 Å². The summed E-state index contributed by atoms with van der Waals surface area (Å²) in [6.07, 6.45) is 4.60. The molecular formula is C18H21N3O4S. The van der Waals surface area contributed by atoms with Gasteiger partial charge in [-0.25, -0.2) is 0 Å². The van der Waals surface area contributed by atoms with Gasteiger partial charge in [-0.2, -0.15) is 0 Å². The molecule has 0 aliphatic carbocycles. The first kappa shape index (κ1) is 18.5. The van der Waals surface area contributed by atoms with E-state index in [-0.39, 0.29) is 12.1 Å². The van der Waals surface area contributed by atoms with Crippen LogP contribution in [0.15, 0.2) is 24.4 Å². The van der Waals surface area contributed by atoms with Crippen molar-refractivity contribution in [3.05, 3.63) is 40.4 Å². The summed E-state index contributed by atoms with van der Waals surface area (Å²) in [5.41, 5.74) is 7.83. The van der Waals surface area contributed by atoms with Gasteiger partial charge in [-0.3, -0.25) is 14.6 Å². The quantitative estimate of drug-likeness (QED) is 0.689. The van der Waals surface area contributed by atoms with E-state index in [1.807, 2.05) is 0 Å². The molecular weight excluding hydrogens is 354 g/mol. The second-order valence-corrected chi connectivity index (χ2v) is 7.23. The highest BCUT2D eigenvalue weighted by Gasteiger charge is 2.40. The topological polar surface area (TPSA) is 115 Å². The van der Waals surface area contributed by atoms with E-state index in [9.17, 15) is 4.79 Å². The number of thiophene rings is 1. The van der Waals surface area contributed by atoms with Crippen LogP contribution in [0.25, 0.3) is 10.6 Å². The number of amides is 1. The molecule has 4 rings (SSSR count). The van der Waals surface area contributed by atoms with Crippen molar-refractivity contribution in [3.8, 4) is 10.6 Å². The molecule has 1 spiro atoms. The maximum Gasteiger partial charge on any atom is 0.290 e. The van der Waals surface area contributed by atoms with Gasteiger partial charge >= 0.3 is 0 Å². The van der Waals surface area contributed by atoms with E-state index in [0.29, 0.717) is 11.3 Å². The molecule has 26 heavy (non-hydrogen) atoms. The average molecular weight is 375 g/mol. The van der Waals surface area contributed by atoms with Gasteiger partial charge in [0.15, 0.2) is 0 Å². The van der Waals surface area contributed by atoms with Crippen LogP contribution in [0.5, 0.6) is 0 Å². The summed E-state index contributed by atoms with van der Waals surface area (Å²) in [4.78, 5) is 26.8. The fraction of sp³-hybridized carbons (Fsp3) is 0.389. The van der Waals surface area contributed by atoms with Gasteiger partial charge in [0.05, 0.1) is 22.7 Å². The minimum absolute atomic E-state index is 0.163. The van der Waals surface area contributed by atoms with Gasteiger partial charge in [-0.05, 0) is 56.1 Å². The van der Waals surface area contributed by atoms with Crippen LogP contribution in [0, 0.1) is 0 Å². The smallest absolute Gasteiger partial charge is 0.290 e. The first-order valence-corrected chi connectivity index (χ1v) is 9.24. The standard InChI is InChI=1S/C17H19N3O2S.CH2O2/c18-16(21)12-2-1-6-20-14(12)13-10-11-3-9-22-17(15(11)23-13)4-7-19-8-5-17;2-1-3/h1-2,6,10,19H,3-5,7-9H2,(H2,18,21);1H,(H,2,3). The number of aromatic nitrogens is 1. The molecule has 8 heteroatoms. The normalized spacial score (nSPS) is 17.7. The van der Waals surface area contributed by atoms with Gasteiger partial charge in [0, 0.05) is 11.1 Å². The minimum Gasteiger partial charge on any atom is -0.483 e. The number of primary amides is 1. The molecule has 2 aliphatic rings. The number of nitrogens with two attached hydrogens (primary N) is 1. The van der Waals surface area contributed by atoms with Crippen LogP contribution in [0.2, 0.25) is 0 Å². The third kappa shape index (κ3) is 3.48. The number of carbonyl (C=O) groups excluding carboxylic acids is 1. The molecule has 0 unspecified atom stereocenters. The highest BCUT2D eigenvalue weighted by molar-refractivity contribution is 7.15. The summed E-state index contributed by atoms with van der Waals surface area (Å²) in [5.74, 6) is -0.438. The van der Waals surface area contributed by atoms with Gasteiger partial charge in [0.1, 0.15) is 5.60 Å². The highest BCUT2D eigenvalue weighted by Crippen LogP contribution is 2.46. The fourth-order valence-corrected chi connectivity index (χ4v) is 4.96. The zero-order valence-electron chi connectivity index (χ0n) is 14.2. The molecule has 0 atom stereocenters. The number of carbonyl (C=O) groups is 2. The van der Waals surface area contributed by atoms with Crippen molar-refractivity contribution in [2.45, 2.75) is 24.9 Å². The van der Waals surface area contributed by atoms with Gasteiger partial charge in [-0.1, -0.05) is 0 Å². The number of nitrogens with zero attached hydrogens (tertiary/aromatic N) is 1. The lowest BCUT2D eigenvalue weighted by atomic mass is 9.86. The van der Waals surface area contributed by atoms with Crippen molar-refractivity contribution < 1.29 is 19.4 Å². The number of rotatable bonds is 2. The largest absolute Gasteiger partial charge is 0.483 e. The zero-order valence-corrected chi connectivity index (χ0v) is 15.1. The molecule has 0 saturated carbocycles. The molecule has 1 amide bonds. The third-order valence-electron chi connectivity index (χ3n) is 4.69. The van der Waals surface area contributed by atoms with Crippen LogP contribution in [-0.2, 0) is 21.6 Å². The van der Waals surface area contributed by atoms with E-state index in [2.05, 4.69) is 16.4 Å². The van der Waals surface area contributed by atoms with Gasteiger partial charge in [0.25, 0.3) is 12.4 Å². The van der Waals surface area contributed by atoms with Crippen LogP contribution in [-0.4, -0.2) is 42.2 Å². The first-order valence-electron chi connectivity index (χ1n) is 8.42. The Hall–Kier alpha value is -2.29. The summed E-state index contributed by atoms with van der Waals surface area (Å²) in [6.45, 7) is 2.46. The van der Waals surface area contributed by atoms with Gasteiger partial charge in [0.2, 0.25) is 0 Å². The van der Waals surface area contributed by atoms with E-state index in [1.165, 1.54) is 10.4 Å². The fourth-order valence-electron chi connectivity index (χ4n) is 3.54. The number of ether oxygens (including phenoxy) is 1. The number of pyridine rings is 1. The van der Waals surface area contributed by atoms with E-state index in [0.717, 1.165) is 43.8 Å². The van der Waals surface area contributed by atoms with Crippen molar-refractivity contribution in [2.24, 2.45) is 5.73 Å². The Balaban J connectivity index is 0.000000613. The second-order valence-electron chi connectivity index (χ2n) is 6.18. The lowest BCUT2D eigenvalue weighted by Crippen LogP contribution is -2.43. The first-order chi connectivity index (χ1) is 12.6. The molecule has 4 N–H and O–H groups in total. The van der Waals surface area contributed by atoms with Crippen molar-refractivity contribution >= 4 is 23.7 Å². The minimum atomic E-state index is -0.438. The Morgan fingerprint density at radius 2 is 2.15 bits per heavy atom. The molecule has 2 aliphatic heterocycles. The van der Waals surface area contributed by atoms with E-state index < -0.39 is 5.91 Å². The van der Waals surface area contributed by atoms with Crippen molar-refractivity contribution in [2.75, 3.05) is 19.7 Å². The van der Waals surface area contributed by atoms with Crippen molar-refractivity contribution in [1.29, 1.82) is 0 Å². The molecule has 2 aromatic rings. The number of piperidine rings is 1. The average Bonchev–Trinajstić information content (AvgIpc) is 3.09. The van der Waals surface area contributed by atoms with Crippen LogP contribution in [0.1, 0.15) is 33.6 Å². The molecule has 1 fully saturated rings. The highest BCUT2D eigenvalue weighted by atomic mass is 32.1. The molecule has 2 aromatic heterocycles. The van der Waals surface area contributed by atoms with E-state index in [4.69, 9.17) is 20.4 Å². The Morgan fingerprint density at radius 3 is 2.85 bits per heavy atom. The summed E-state index contributed by atoms with van der Waals surface area (Å²) in [6, 6.07) is 5.65. The lowest BCUT2D eigenvalue weighted by molar-refractivity contribution is -0.122. The number of hydrogen-bond acceptors (Lipinski definition) is 6. The third-order valence-corrected chi connectivity index (χ3v) is 6.06. The van der Waals surface area contributed by atoms with Crippen LogP contribution >= 0.6 is 11.3 Å². The molecule has 0 radical (unpaired) electrons. The summed E-state index contributed by atoms with van der Waals surface area (Å²) in [5, 5.41) is 10.3. The van der Waals surface area contributed by atoms with Crippen molar-refractivity contribution in [3.63, 3.8) is 0 Å². The number of nitrogens with one attached hydrogen (secondary N) is 1. The monoisotopic (exact) mass is 375 g/mol. The van der Waals surface area contributed by atoms with E-state index >= 15 is 0 Å². The van der Waals surface area contributed by atoms with Crippen LogP contribution in [0.4, 0.5) is 0 Å². The summed E-state index contributed by atoms with van der Waals surface area (Å²) < 4.78 is 6.22. The number of carboxylic acid groups (broad SMARTS) is 1. The Kier molecular flexibility index (Phi) is 5.65. The zero-order chi connectivity index (χ0) is 18.6.